The van der Waals surface area contributed by atoms with E-state index < -0.39 is 0 Å². The molecule has 0 N–H and O–H groups in total. The van der Waals surface area contributed by atoms with Crippen LogP contribution in [0, 0.1) is 18.3 Å². The zero-order chi connectivity index (χ0) is 22.7. The van der Waals surface area contributed by atoms with E-state index in [-0.39, 0.29) is 12.1 Å². The van der Waals surface area contributed by atoms with E-state index in [0.29, 0.717) is 5.56 Å². The molecule has 2 atom stereocenters. The van der Waals surface area contributed by atoms with E-state index in [1.807, 2.05) is 18.2 Å². The highest BCUT2D eigenvalue weighted by molar-refractivity contribution is 9.10. The highest BCUT2D eigenvalue weighted by Crippen LogP contribution is 2.18. The van der Waals surface area contributed by atoms with E-state index in [2.05, 4.69) is 35.7 Å². The summed E-state index contributed by atoms with van der Waals surface area (Å²) >= 11 is 3.38. The molecule has 0 radical (unpaired) electrons. The normalized spacial score (nSPS) is 13.1. The molecule has 0 bridgehead atoms. The third-order valence-electron chi connectivity index (χ3n) is 5.73. The topological polar surface area (TPSA) is 26.3 Å². The molecule has 1 unspecified atom stereocenters. The molecule has 31 heavy (non-hydrogen) atoms. The molecule has 172 valence electrons. The Bertz CT molecular complexity index is 657. The molecule has 1 aromatic carbocycles. The summed E-state index contributed by atoms with van der Waals surface area (Å²) in [5.41, 5.74) is 0.557. The second-order valence-corrected chi connectivity index (χ2v) is 9.55. The van der Waals surface area contributed by atoms with Crippen molar-refractivity contribution in [3.8, 4) is 12.3 Å². The maximum absolute atomic E-state index is 12.4. The van der Waals surface area contributed by atoms with Crippen LogP contribution in [0.25, 0.3) is 0 Å². The zero-order valence-electron chi connectivity index (χ0n) is 19.6. The number of rotatable bonds is 17. The minimum atomic E-state index is -0.303. The highest BCUT2D eigenvalue weighted by atomic mass is 79.9. The van der Waals surface area contributed by atoms with Crippen molar-refractivity contribution in [1.82, 2.24) is 0 Å². The Labute approximate surface area is 199 Å². The maximum atomic E-state index is 12.4. The Morgan fingerprint density at radius 3 is 2.10 bits per heavy atom. The molecular formula is C28H41BrO2. The van der Waals surface area contributed by atoms with Crippen molar-refractivity contribution in [2.45, 2.75) is 103 Å². The molecule has 1 aromatic rings. The molecule has 0 aliphatic carbocycles. The largest absolute Gasteiger partial charge is 0.455 e. The number of halogens is 1. The van der Waals surface area contributed by atoms with E-state index in [4.69, 9.17) is 11.2 Å². The first-order chi connectivity index (χ1) is 15.1. The molecule has 0 aliphatic heterocycles. The van der Waals surface area contributed by atoms with Gasteiger partial charge in [-0.15, -0.1) is 6.42 Å². The molecular weight excluding hydrogens is 448 g/mol. The summed E-state index contributed by atoms with van der Waals surface area (Å²) in [5.74, 6) is 3.09. The molecule has 0 spiro atoms. The van der Waals surface area contributed by atoms with Crippen molar-refractivity contribution in [2.75, 3.05) is 0 Å². The first-order valence-electron chi connectivity index (χ1n) is 12.2. The van der Waals surface area contributed by atoms with Crippen LogP contribution in [0.4, 0.5) is 0 Å². The zero-order valence-corrected chi connectivity index (χ0v) is 21.2. The molecule has 0 amide bonds. The Kier molecular flexibility index (Phi) is 16.0. The van der Waals surface area contributed by atoms with Crippen LogP contribution in [0.3, 0.4) is 0 Å². The fourth-order valence-electron chi connectivity index (χ4n) is 3.74. The number of hydrogen-bond donors (Lipinski definition) is 0. The van der Waals surface area contributed by atoms with Crippen molar-refractivity contribution in [3.05, 3.63) is 46.5 Å². The van der Waals surface area contributed by atoms with Crippen molar-refractivity contribution in [2.24, 2.45) is 5.92 Å². The van der Waals surface area contributed by atoms with Gasteiger partial charge < -0.3 is 4.74 Å². The molecule has 0 fully saturated rings. The number of carbonyl (C=O) groups excluding carboxylic acids is 1. The van der Waals surface area contributed by atoms with Crippen LogP contribution in [0.5, 0.6) is 0 Å². The van der Waals surface area contributed by atoms with Crippen LogP contribution in [0.1, 0.15) is 108 Å². The number of allylic oxidation sites excluding steroid dienone is 1. The van der Waals surface area contributed by atoms with Crippen LogP contribution in [0.2, 0.25) is 0 Å². The lowest BCUT2D eigenvalue weighted by atomic mass is 9.97. The van der Waals surface area contributed by atoms with Gasteiger partial charge in [0, 0.05) is 4.47 Å². The fourth-order valence-corrected chi connectivity index (χ4v) is 4.01. The van der Waals surface area contributed by atoms with Crippen molar-refractivity contribution < 1.29 is 9.53 Å². The third-order valence-corrected chi connectivity index (χ3v) is 6.26. The minimum Gasteiger partial charge on any atom is -0.455 e. The molecule has 2 nitrogen and oxygen atoms in total. The predicted molar refractivity (Wildman–Crippen MR) is 136 cm³/mol. The van der Waals surface area contributed by atoms with Gasteiger partial charge in [0.25, 0.3) is 0 Å². The maximum Gasteiger partial charge on any atom is 0.338 e. The number of terminal acetylenes is 1. The van der Waals surface area contributed by atoms with E-state index in [9.17, 15) is 4.79 Å². The Morgan fingerprint density at radius 1 is 0.968 bits per heavy atom. The molecule has 0 aliphatic rings. The molecule has 3 heteroatoms. The van der Waals surface area contributed by atoms with Crippen LogP contribution < -0.4 is 0 Å². The van der Waals surface area contributed by atoms with E-state index >= 15 is 0 Å². The standard InChI is InChI=1S/C28H41BrO2/c1-4-6-16-24(3)17-14-12-10-8-9-11-13-15-19-27(18-7-5-2)31-28(30)25-20-22-26(29)23-21-25/h2,7,18,20-24,27H,4,6,8-17,19H2,1,3H3/b18-7-/t24?,27-/m1/s1. The minimum absolute atomic E-state index is 0.262. The average Bonchev–Trinajstić information content (AvgIpc) is 2.77. The second kappa shape index (κ2) is 18.1. The summed E-state index contributed by atoms with van der Waals surface area (Å²) in [6.07, 6.45) is 25.0. The summed E-state index contributed by atoms with van der Waals surface area (Å²) in [5, 5.41) is 0. The second-order valence-electron chi connectivity index (χ2n) is 8.63. The smallest absolute Gasteiger partial charge is 0.338 e. The van der Waals surface area contributed by atoms with E-state index in [1.54, 1.807) is 18.2 Å². The van der Waals surface area contributed by atoms with Gasteiger partial charge >= 0.3 is 5.97 Å². The van der Waals surface area contributed by atoms with Crippen LogP contribution in [-0.2, 0) is 4.74 Å². The first-order valence-corrected chi connectivity index (χ1v) is 13.0. The molecule has 0 saturated carbocycles. The van der Waals surface area contributed by atoms with Gasteiger partial charge in [0.15, 0.2) is 0 Å². The summed E-state index contributed by atoms with van der Waals surface area (Å²) in [7, 11) is 0. The Hall–Kier alpha value is -1.53. The number of benzene rings is 1. The predicted octanol–water partition coefficient (Wildman–Crippen LogP) is 8.89. The number of unbranched alkanes of at least 4 members (excludes halogenated alkanes) is 8. The monoisotopic (exact) mass is 488 g/mol. The Balaban J connectivity index is 2.15. The molecule has 0 saturated heterocycles. The molecule has 0 aromatic heterocycles. The van der Waals surface area contributed by atoms with Crippen molar-refractivity contribution in [1.29, 1.82) is 0 Å². The highest BCUT2D eigenvalue weighted by Gasteiger charge is 2.13. The summed E-state index contributed by atoms with van der Waals surface area (Å²) < 4.78 is 6.60. The van der Waals surface area contributed by atoms with Crippen LogP contribution in [0.15, 0.2) is 40.9 Å². The van der Waals surface area contributed by atoms with Gasteiger partial charge in [-0.2, -0.15) is 0 Å². The first kappa shape index (κ1) is 27.5. The van der Waals surface area contributed by atoms with Gasteiger partial charge in [0.05, 0.1) is 5.56 Å². The van der Waals surface area contributed by atoms with E-state index in [0.717, 1.165) is 23.2 Å². The molecule has 1 rings (SSSR count). The summed E-state index contributed by atoms with van der Waals surface area (Å²) in [6.45, 7) is 4.68. The Morgan fingerprint density at radius 2 is 1.52 bits per heavy atom. The lowest BCUT2D eigenvalue weighted by Gasteiger charge is -2.14. The fraction of sp³-hybridized carbons (Fsp3) is 0.607. The number of carbonyl (C=O) groups is 1. The number of ether oxygens (including phenoxy) is 1. The van der Waals surface area contributed by atoms with Crippen molar-refractivity contribution >= 4 is 21.9 Å². The van der Waals surface area contributed by atoms with Gasteiger partial charge in [-0.3, -0.25) is 0 Å². The average molecular weight is 490 g/mol. The van der Waals surface area contributed by atoms with Crippen LogP contribution >= 0.6 is 15.9 Å². The lowest BCUT2D eigenvalue weighted by molar-refractivity contribution is 0.0376. The van der Waals surface area contributed by atoms with Gasteiger partial charge in [0.1, 0.15) is 6.10 Å². The van der Waals surface area contributed by atoms with Gasteiger partial charge in [-0.05, 0) is 55.2 Å². The lowest BCUT2D eigenvalue weighted by Crippen LogP contribution is -2.16. The summed E-state index contributed by atoms with van der Waals surface area (Å²) in [6, 6.07) is 7.21. The van der Waals surface area contributed by atoms with Gasteiger partial charge in [0.2, 0.25) is 0 Å². The van der Waals surface area contributed by atoms with Gasteiger partial charge in [-0.1, -0.05) is 106 Å². The van der Waals surface area contributed by atoms with E-state index in [1.165, 1.54) is 70.6 Å². The quantitative estimate of drug-likeness (QED) is 0.124. The van der Waals surface area contributed by atoms with Crippen LogP contribution in [-0.4, -0.2) is 12.1 Å². The third kappa shape index (κ3) is 14.2. The van der Waals surface area contributed by atoms with Gasteiger partial charge in [-0.25, -0.2) is 4.79 Å². The summed E-state index contributed by atoms with van der Waals surface area (Å²) in [4.78, 5) is 12.4. The SMILES string of the molecule is C#C/C=C\[C@H](CCCCCCCCCCC(C)CCCC)OC(=O)c1ccc(Br)cc1. The number of hydrogen-bond acceptors (Lipinski definition) is 2. The molecule has 0 heterocycles. The number of esters is 1. The van der Waals surface area contributed by atoms with Crippen molar-refractivity contribution in [3.63, 3.8) is 0 Å².